The molecule has 1 amide bonds. The number of sulfonamides is 1. The molecule has 100 valence electrons. The second kappa shape index (κ2) is 5.76. The van der Waals surface area contributed by atoms with Crippen LogP contribution in [0.25, 0.3) is 0 Å². The molecule has 5 N–H and O–H groups in total. The number of carbonyl (C=O) groups is 1. The van der Waals surface area contributed by atoms with Crippen LogP contribution in [0.4, 0.5) is 0 Å². The molecule has 1 aliphatic heterocycles. The third-order valence-corrected chi connectivity index (χ3v) is 3.77. The fraction of sp³-hybridized carbons (Fsp3) is 0.889. The molecule has 1 rings (SSSR count). The van der Waals surface area contributed by atoms with Crippen molar-refractivity contribution in [3.8, 4) is 0 Å². The molecule has 0 aromatic rings. The number of amides is 1. The molecule has 0 spiro atoms. The number of carbonyl (C=O) groups excluding carboxylic acids is 1. The van der Waals surface area contributed by atoms with E-state index in [1.165, 1.54) is 0 Å². The van der Waals surface area contributed by atoms with Gasteiger partial charge in [0.05, 0.1) is 11.2 Å². The number of rotatable bonds is 5. The summed E-state index contributed by atoms with van der Waals surface area (Å²) in [5, 5.41) is 7.41. The van der Waals surface area contributed by atoms with Gasteiger partial charge >= 0.3 is 0 Å². The van der Waals surface area contributed by atoms with Crippen molar-refractivity contribution in [2.45, 2.75) is 12.8 Å². The van der Waals surface area contributed by atoms with Crippen LogP contribution in [0.3, 0.4) is 0 Å². The Balaban J connectivity index is 2.49. The van der Waals surface area contributed by atoms with Crippen LogP contribution >= 0.6 is 0 Å². The summed E-state index contributed by atoms with van der Waals surface area (Å²) in [6.45, 7) is 1.25. The van der Waals surface area contributed by atoms with Crippen molar-refractivity contribution < 1.29 is 17.9 Å². The molecular formula is C9H19N3O4S. The number of nitrogens with one attached hydrogen (secondary N) is 1. The van der Waals surface area contributed by atoms with Crippen molar-refractivity contribution in [2.75, 3.05) is 32.1 Å². The minimum absolute atomic E-state index is 0.0142. The molecule has 0 aliphatic carbocycles. The first-order chi connectivity index (χ1) is 7.90. The van der Waals surface area contributed by atoms with E-state index < -0.39 is 15.4 Å². The maximum absolute atomic E-state index is 12.0. The number of nitrogens with two attached hydrogens (primary N) is 2. The van der Waals surface area contributed by atoms with Crippen LogP contribution in [0.1, 0.15) is 12.8 Å². The van der Waals surface area contributed by atoms with Gasteiger partial charge in [0.1, 0.15) is 0 Å². The lowest BCUT2D eigenvalue weighted by atomic mass is 9.79. The Hall–Kier alpha value is -0.700. The zero-order valence-electron chi connectivity index (χ0n) is 9.65. The molecule has 7 nitrogen and oxygen atoms in total. The summed E-state index contributed by atoms with van der Waals surface area (Å²) >= 11 is 0. The molecule has 17 heavy (non-hydrogen) atoms. The Bertz CT molecular complexity index is 362. The SMILES string of the molecule is NCC1(C(=O)NCCS(N)(=O)=O)CCOCC1. The van der Waals surface area contributed by atoms with Gasteiger partial charge in [0, 0.05) is 26.3 Å². The lowest BCUT2D eigenvalue weighted by Crippen LogP contribution is -2.50. The van der Waals surface area contributed by atoms with Crippen molar-refractivity contribution in [2.24, 2.45) is 16.3 Å². The number of ether oxygens (including phenoxy) is 1. The second-order valence-corrected chi connectivity index (χ2v) is 5.95. The average Bonchev–Trinajstić information content (AvgIpc) is 2.28. The lowest BCUT2D eigenvalue weighted by Gasteiger charge is -2.34. The van der Waals surface area contributed by atoms with Crippen molar-refractivity contribution in [1.82, 2.24) is 5.32 Å². The van der Waals surface area contributed by atoms with E-state index in [9.17, 15) is 13.2 Å². The van der Waals surface area contributed by atoms with Crippen LogP contribution in [0, 0.1) is 5.41 Å². The van der Waals surface area contributed by atoms with Crippen LogP contribution in [0.2, 0.25) is 0 Å². The Morgan fingerprint density at radius 2 is 1.94 bits per heavy atom. The summed E-state index contributed by atoms with van der Waals surface area (Å²) in [5.74, 6) is -0.484. The molecule has 1 fully saturated rings. The first-order valence-electron chi connectivity index (χ1n) is 5.46. The van der Waals surface area contributed by atoms with E-state index >= 15 is 0 Å². The van der Waals surface area contributed by atoms with E-state index in [4.69, 9.17) is 15.6 Å². The number of hydrogen-bond acceptors (Lipinski definition) is 5. The van der Waals surface area contributed by atoms with Crippen LogP contribution in [-0.2, 0) is 19.6 Å². The third-order valence-electron chi connectivity index (χ3n) is 2.99. The predicted octanol–water partition coefficient (Wildman–Crippen LogP) is -1.85. The zero-order chi connectivity index (χ0) is 12.9. The molecule has 0 atom stereocenters. The van der Waals surface area contributed by atoms with E-state index in [1.54, 1.807) is 0 Å². The number of primary sulfonamides is 1. The van der Waals surface area contributed by atoms with Crippen molar-refractivity contribution >= 4 is 15.9 Å². The van der Waals surface area contributed by atoms with Crippen LogP contribution in [0.15, 0.2) is 0 Å². The quantitative estimate of drug-likeness (QED) is 0.538. The molecular weight excluding hydrogens is 246 g/mol. The molecule has 0 radical (unpaired) electrons. The first-order valence-corrected chi connectivity index (χ1v) is 7.18. The zero-order valence-corrected chi connectivity index (χ0v) is 10.5. The Kier molecular flexibility index (Phi) is 4.87. The van der Waals surface area contributed by atoms with Crippen molar-refractivity contribution in [1.29, 1.82) is 0 Å². The third kappa shape index (κ3) is 4.23. The minimum Gasteiger partial charge on any atom is -0.381 e. The Morgan fingerprint density at radius 1 is 1.35 bits per heavy atom. The van der Waals surface area contributed by atoms with Gasteiger partial charge in [-0.2, -0.15) is 0 Å². The van der Waals surface area contributed by atoms with Gasteiger partial charge in [0.25, 0.3) is 0 Å². The monoisotopic (exact) mass is 265 g/mol. The largest absolute Gasteiger partial charge is 0.381 e. The van der Waals surface area contributed by atoms with E-state index in [-0.39, 0.29) is 24.7 Å². The van der Waals surface area contributed by atoms with Crippen LogP contribution in [-0.4, -0.2) is 46.4 Å². The Morgan fingerprint density at radius 3 is 2.41 bits per heavy atom. The van der Waals surface area contributed by atoms with Gasteiger partial charge < -0.3 is 15.8 Å². The Labute approximate surface area is 101 Å². The van der Waals surface area contributed by atoms with E-state index in [0.717, 1.165) is 0 Å². The summed E-state index contributed by atoms with van der Waals surface area (Å²) in [5.41, 5.74) is 5.01. The molecule has 1 aliphatic rings. The molecule has 1 heterocycles. The van der Waals surface area contributed by atoms with Gasteiger partial charge in [-0.1, -0.05) is 0 Å². The first kappa shape index (κ1) is 14.4. The smallest absolute Gasteiger partial charge is 0.227 e. The highest BCUT2D eigenvalue weighted by Crippen LogP contribution is 2.29. The highest BCUT2D eigenvalue weighted by atomic mass is 32.2. The molecule has 0 aromatic heterocycles. The summed E-state index contributed by atoms with van der Waals surface area (Å²) in [4.78, 5) is 12.0. The normalized spacial score (nSPS) is 19.9. The summed E-state index contributed by atoms with van der Waals surface area (Å²) < 4.78 is 26.6. The van der Waals surface area contributed by atoms with Crippen molar-refractivity contribution in [3.63, 3.8) is 0 Å². The molecule has 0 unspecified atom stereocenters. The highest BCUT2D eigenvalue weighted by molar-refractivity contribution is 7.89. The minimum atomic E-state index is -3.55. The van der Waals surface area contributed by atoms with Gasteiger partial charge in [-0.15, -0.1) is 0 Å². The standard InChI is InChI=1S/C9H19N3O4S/c10-7-9(1-4-16-5-2-9)8(13)12-3-6-17(11,14)15/h1-7,10H2,(H,12,13)(H2,11,14,15). The van der Waals surface area contributed by atoms with E-state index in [0.29, 0.717) is 26.1 Å². The predicted molar refractivity (Wildman–Crippen MR) is 62.5 cm³/mol. The molecule has 0 bridgehead atoms. The topological polar surface area (TPSA) is 125 Å². The van der Waals surface area contributed by atoms with Gasteiger partial charge in [0.15, 0.2) is 0 Å². The lowest BCUT2D eigenvalue weighted by molar-refractivity contribution is -0.135. The fourth-order valence-corrected chi connectivity index (χ4v) is 2.17. The van der Waals surface area contributed by atoms with Crippen LogP contribution < -0.4 is 16.2 Å². The van der Waals surface area contributed by atoms with Crippen LogP contribution in [0.5, 0.6) is 0 Å². The van der Waals surface area contributed by atoms with Gasteiger partial charge in [-0.3, -0.25) is 4.79 Å². The van der Waals surface area contributed by atoms with Gasteiger partial charge in [0.2, 0.25) is 15.9 Å². The second-order valence-electron chi connectivity index (χ2n) is 4.22. The molecule has 0 aromatic carbocycles. The molecule has 1 saturated heterocycles. The summed E-state index contributed by atoms with van der Waals surface area (Å²) in [6, 6.07) is 0. The maximum Gasteiger partial charge on any atom is 0.227 e. The highest BCUT2D eigenvalue weighted by Gasteiger charge is 2.38. The van der Waals surface area contributed by atoms with E-state index in [2.05, 4.69) is 5.32 Å². The van der Waals surface area contributed by atoms with Gasteiger partial charge in [-0.05, 0) is 12.8 Å². The maximum atomic E-state index is 12.0. The molecule has 8 heteroatoms. The molecule has 0 saturated carbocycles. The van der Waals surface area contributed by atoms with E-state index in [1.807, 2.05) is 0 Å². The number of hydrogen-bond donors (Lipinski definition) is 3. The fourth-order valence-electron chi connectivity index (χ4n) is 1.78. The summed E-state index contributed by atoms with van der Waals surface area (Å²) in [6.07, 6.45) is 1.12. The summed E-state index contributed by atoms with van der Waals surface area (Å²) in [7, 11) is -3.55. The van der Waals surface area contributed by atoms with Crippen molar-refractivity contribution in [3.05, 3.63) is 0 Å². The average molecular weight is 265 g/mol. The van der Waals surface area contributed by atoms with Gasteiger partial charge in [-0.25, -0.2) is 13.6 Å².